The van der Waals surface area contributed by atoms with Crippen LogP contribution in [0.3, 0.4) is 0 Å². The Bertz CT molecular complexity index is 862. The maximum Gasteiger partial charge on any atom is 0.254 e. The highest BCUT2D eigenvalue weighted by atomic mass is 19.1. The summed E-state index contributed by atoms with van der Waals surface area (Å²) in [5, 5.41) is 3.42. The van der Waals surface area contributed by atoms with Crippen molar-refractivity contribution in [3.05, 3.63) is 59.4 Å². The number of carbonyl (C=O) groups is 1. The normalized spacial score (nSPS) is 16.5. The predicted molar refractivity (Wildman–Crippen MR) is 124 cm³/mol. The Morgan fingerprint density at radius 3 is 2.68 bits per heavy atom. The number of amides is 1. The molecule has 0 bridgehead atoms. The number of hydrogen-bond acceptors (Lipinski definition) is 3. The van der Waals surface area contributed by atoms with Crippen molar-refractivity contribution < 1.29 is 13.9 Å². The minimum absolute atomic E-state index is 0.0573. The molecule has 168 valence electrons. The van der Waals surface area contributed by atoms with Crippen LogP contribution in [0.4, 0.5) is 4.39 Å². The fourth-order valence-electron chi connectivity index (χ4n) is 4.48. The fourth-order valence-corrected chi connectivity index (χ4v) is 4.48. The molecule has 1 atom stereocenters. The summed E-state index contributed by atoms with van der Waals surface area (Å²) < 4.78 is 19.7. The molecule has 1 aliphatic rings. The number of piperidine rings is 1. The number of carbonyl (C=O) groups excluding carboxylic acids is 1. The van der Waals surface area contributed by atoms with Crippen molar-refractivity contribution >= 4 is 5.91 Å². The summed E-state index contributed by atoms with van der Waals surface area (Å²) in [4.78, 5) is 15.5. The Morgan fingerprint density at radius 2 is 2.00 bits per heavy atom. The minimum atomic E-state index is -0.239. The molecule has 3 rings (SSSR count). The number of benzene rings is 2. The van der Waals surface area contributed by atoms with Crippen molar-refractivity contribution in [1.29, 1.82) is 0 Å². The summed E-state index contributed by atoms with van der Waals surface area (Å²) in [6, 6.07) is 12.9. The van der Waals surface area contributed by atoms with Crippen LogP contribution in [0, 0.1) is 5.82 Å². The average Bonchev–Trinajstić information content (AvgIpc) is 2.78. The largest absolute Gasteiger partial charge is 0.385 e. The van der Waals surface area contributed by atoms with Gasteiger partial charge in [0.25, 0.3) is 5.91 Å². The summed E-state index contributed by atoms with van der Waals surface area (Å²) in [7, 11) is 1.70. The van der Waals surface area contributed by atoms with Gasteiger partial charge in [0.2, 0.25) is 0 Å². The van der Waals surface area contributed by atoms with Crippen molar-refractivity contribution in [2.45, 2.75) is 58.0 Å². The van der Waals surface area contributed by atoms with Gasteiger partial charge in [0, 0.05) is 43.5 Å². The SMILES string of the molecule is COCCCCc1cc(C(=O)N(C(C)C)[C@@H]2CCCNC2)ccc1-c1ccccc1F. The predicted octanol–water partition coefficient (Wildman–Crippen LogP) is 5.06. The molecule has 31 heavy (non-hydrogen) atoms. The van der Waals surface area contributed by atoms with Crippen molar-refractivity contribution in [3.63, 3.8) is 0 Å². The Hall–Kier alpha value is -2.24. The van der Waals surface area contributed by atoms with Crippen LogP contribution in [0.25, 0.3) is 11.1 Å². The number of nitrogens with one attached hydrogen (secondary N) is 1. The van der Waals surface area contributed by atoms with Crippen molar-refractivity contribution in [2.75, 3.05) is 26.8 Å². The van der Waals surface area contributed by atoms with Gasteiger partial charge in [-0.25, -0.2) is 4.39 Å². The van der Waals surface area contributed by atoms with Gasteiger partial charge in [0.05, 0.1) is 0 Å². The lowest BCUT2D eigenvalue weighted by molar-refractivity contribution is 0.0573. The topological polar surface area (TPSA) is 41.6 Å². The number of methoxy groups -OCH3 is 1. The number of nitrogens with zero attached hydrogens (tertiary/aromatic N) is 1. The molecule has 1 heterocycles. The van der Waals surface area contributed by atoms with E-state index in [4.69, 9.17) is 4.74 Å². The maximum absolute atomic E-state index is 14.5. The standard InChI is InChI=1S/C26H35FN2O2/c1-19(2)29(22-10-8-15-28-18-22)26(30)21-13-14-23(24-11-4-5-12-25(24)27)20(17-21)9-6-7-16-31-3/h4-5,11-14,17,19,22,28H,6-10,15-16,18H2,1-3H3/t22-/m1/s1. The van der Waals surface area contributed by atoms with Crippen LogP contribution in [0.5, 0.6) is 0 Å². The molecule has 0 saturated carbocycles. The zero-order valence-corrected chi connectivity index (χ0v) is 19.0. The van der Waals surface area contributed by atoms with Gasteiger partial charge in [0.1, 0.15) is 5.82 Å². The van der Waals surface area contributed by atoms with E-state index < -0.39 is 0 Å². The fraction of sp³-hybridized carbons (Fsp3) is 0.500. The first-order chi connectivity index (χ1) is 15.0. The summed E-state index contributed by atoms with van der Waals surface area (Å²) in [6.07, 6.45) is 4.73. The van der Waals surface area contributed by atoms with E-state index in [1.54, 1.807) is 19.2 Å². The Morgan fingerprint density at radius 1 is 1.19 bits per heavy atom. The Kier molecular flexibility index (Phi) is 8.61. The first-order valence-corrected chi connectivity index (χ1v) is 11.4. The molecule has 1 amide bonds. The smallest absolute Gasteiger partial charge is 0.254 e. The van der Waals surface area contributed by atoms with E-state index in [-0.39, 0.29) is 23.8 Å². The molecular weight excluding hydrogens is 391 g/mol. The molecule has 0 spiro atoms. The second kappa shape index (κ2) is 11.4. The van der Waals surface area contributed by atoms with E-state index in [2.05, 4.69) is 19.2 Å². The van der Waals surface area contributed by atoms with Crippen LogP contribution >= 0.6 is 0 Å². The lowest BCUT2D eigenvalue weighted by Gasteiger charge is -2.37. The van der Waals surface area contributed by atoms with Crippen molar-refractivity contribution in [1.82, 2.24) is 10.2 Å². The first kappa shape index (κ1) is 23.4. The highest BCUT2D eigenvalue weighted by Gasteiger charge is 2.28. The number of halogens is 1. The number of unbranched alkanes of at least 4 members (excludes halogenated alkanes) is 1. The average molecular weight is 427 g/mol. The zero-order valence-electron chi connectivity index (χ0n) is 19.0. The molecule has 0 aromatic heterocycles. The lowest BCUT2D eigenvalue weighted by atomic mass is 9.93. The van der Waals surface area contributed by atoms with Crippen LogP contribution in [-0.4, -0.2) is 49.7 Å². The van der Waals surface area contributed by atoms with Crippen LogP contribution in [0.2, 0.25) is 0 Å². The summed E-state index contributed by atoms with van der Waals surface area (Å²) in [5.41, 5.74) is 3.14. The van der Waals surface area contributed by atoms with E-state index in [9.17, 15) is 9.18 Å². The Balaban J connectivity index is 1.92. The van der Waals surface area contributed by atoms with E-state index in [1.165, 1.54) is 6.07 Å². The third-order valence-electron chi connectivity index (χ3n) is 6.02. The molecule has 1 aliphatic heterocycles. The van der Waals surface area contributed by atoms with Gasteiger partial charge in [-0.2, -0.15) is 0 Å². The van der Waals surface area contributed by atoms with E-state index in [0.717, 1.165) is 56.3 Å². The summed E-state index contributed by atoms with van der Waals surface area (Å²) in [6.45, 7) is 6.70. The number of aryl methyl sites for hydroxylation is 1. The van der Waals surface area contributed by atoms with E-state index >= 15 is 0 Å². The monoisotopic (exact) mass is 426 g/mol. The second-order valence-electron chi connectivity index (χ2n) is 8.61. The van der Waals surface area contributed by atoms with Crippen LogP contribution in [0.1, 0.15) is 55.5 Å². The molecule has 0 radical (unpaired) electrons. The molecule has 1 N–H and O–H groups in total. The molecule has 5 heteroatoms. The number of hydrogen-bond donors (Lipinski definition) is 1. The van der Waals surface area contributed by atoms with E-state index in [0.29, 0.717) is 17.7 Å². The molecule has 4 nitrogen and oxygen atoms in total. The highest BCUT2D eigenvalue weighted by molar-refractivity contribution is 5.95. The Labute approximate surface area is 185 Å². The van der Waals surface area contributed by atoms with Gasteiger partial charge in [-0.3, -0.25) is 4.79 Å². The molecule has 2 aromatic rings. The van der Waals surface area contributed by atoms with Crippen molar-refractivity contribution in [2.24, 2.45) is 0 Å². The van der Waals surface area contributed by atoms with Crippen molar-refractivity contribution in [3.8, 4) is 11.1 Å². The van der Waals surface area contributed by atoms with Gasteiger partial charge in [-0.05, 0) is 81.8 Å². The molecule has 2 aromatic carbocycles. The van der Waals surface area contributed by atoms with Gasteiger partial charge in [-0.15, -0.1) is 0 Å². The maximum atomic E-state index is 14.5. The first-order valence-electron chi connectivity index (χ1n) is 11.4. The summed E-state index contributed by atoms with van der Waals surface area (Å²) >= 11 is 0. The lowest BCUT2D eigenvalue weighted by Crippen LogP contribution is -2.51. The quantitative estimate of drug-likeness (QED) is 0.570. The van der Waals surface area contributed by atoms with Crippen LogP contribution in [0.15, 0.2) is 42.5 Å². The number of rotatable bonds is 9. The molecular formula is C26H35FN2O2. The van der Waals surface area contributed by atoms with Gasteiger partial charge < -0.3 is 15.0 Å². The van der Waals surface area contributed by atoms with Gasteiger partial charge >= 0.3 is 0 Å². The molecule has 1 saturated heterocycles. The third-order valence-corrected chi connectivity index (χ3v) is 6.02. The van der Waals surface area contributed by atoms with E-state index in [1.807, 2.05) is 29.2 Å². The van der Waals surface area contributed by atoms with Gasteiger partial charge in [-0.1, -0.05) is 24.3 Å². The third kappa shape index (κ3) is 5.92. The van der Waals surface area contributed by atoms with Crippen LogP contribution in [-0.2, 0) is 11.2 Å². The second-order valence-corrected chi connectivity index (χ2v) is 8.61. The molecule has 0 unspecified atom stereocenters. The highest BCUT2D eigenvalue weighted by Crippen LogP contribution is 2.29. The van der Waals surface area contributed by atoms with Crippen LogP contribution < -0.4 is 5.32 Å². The molecule has 1 fully saturated rings. The number of ether oxygens (including phenoxy) is 1. The van der Waals surface area contributed by atoms with Gasteiger partial charge in [0.15, 0.2) is 0 Å². The summed E-state index contributed by atoms with van der Waals surface area (Å²) in [5.74, 6) is -0.182. The zero-order chi connectivity index (χ0) is 22.2. The molecule has 0 aliphatic carbocycles. The minimum Gasteiger partial charge on any atom is -0.385 e.